The third kappa shape index (κ3) is 31.5. The smallest absolute Gasteiger partial charge is 0.545 e. The Hall–Kier alpha value is -3.90. The fourth-order valence-corrected chi connectivity index (χ4v) is 2.30. The maximum atomic E-state index is 10.1. The molecule has 4 aromatic carbocycles. The summed E-state index contributed by atoms with van der Waals surface area (Å²) in [5.74, 6) is -4.52. The van der Waals surface area contributed by atoms with Crippen molar-refractivity contribution in [3.05, 3.63) is 144 Å². The summed E-state index contributed by atoms with van der Waals surface area (Å²) in [5.41, 5.74) is 0.880. The van der Waals surface area contributed by atoms with Gasteiger partial charge in [-0.25, -0.2) is 0 Å². The Morgan fingerprint density at radius 3 is 0.543 bits per heavy atom. The van der Waals surface area contributed by atoms with Crippen LogP contribution in [0.4, 0.5) is 0 Å². The van der Waals surface area contributed by atoms with Crippen molar-refractivity contribution in [2.24, 2.45) is 0 Å². The number of hydrogen-bond donors (Lipinski definition) is 0. The topological polar surface area (TPSA) is 195 Å². The molecule has 0 aromatic heterocycles. The summed E-state index contributed by atoms with van der Waals surface area (Å²) in [5, 5.41) is 40.4. The van der Waals surface area contributed by atoms with E-state index in [1.807, 2.05) is 0 Å². The number of aromatic carboxylic acids is 4. The first-order valence-electron chi connectivity index (χ1n) is 12.2. The molecule has 0 bridgehead atoms. The molecule has 0 aliphatic rings. The first-order chi connectivity index (χ1) is 20.7. The van der Waals surface area contributed by atoms with Gasteiger partial charge in [-0.05, 0) is 22.3 Å². The molecule has 14 heteroatoms. The van der Waals surface area contributed by atoms with Crippen LogP contribution in [0.5, 0.6) is 0 Å². The van der Waals surface area contributed by atoms with E-state index in [1.54, 1.807) is 97.8 Å². The molecule has 0 saturated heterocycles. The number of hydrogen-bond acceptors (Lipinski definition) is 10. The van der Waals surface area contributed by atoms with Crippen molar-refractivity contribution in [3.8, 4) is 0 Å². The molecule has 0 amide bonds. The summed E-state index contributed by atoms with van der Waals surface area (Å²) in [6.07, 6.45) is 6.56. The molecule has 10 nitrogen and oxygen atoms in total. The predicted octanol–water partition coefficient (Wildman–Crippen LogP) is 0.185. The van der Waals surface area contributed by atoms with Crippen LogP contribution in [-0.4, -0.2) is 57.3 Å². The van der Waals surface area contributed by atoms with E-state index in [0.717, 1.165) is 0 Å². The quantitative estimate of drug-likeness (QED) is 0.259. The third-order valence-corrected chi connectivity index (χ3v) is 4.04. The van der Waals surface area contributed by atoms with Gasteiger partial charge in [-0.1, -0.05) is 121 Å². The number of carbonyl (C=O) groups excluding carboxylic acids is 4. The number of benzene rings is 4. The zero-order valence-corrected chi connectivity index (χ0v) is 28.6. The summed E-state index contributed by atoms with van der Waals surface area (Å²) in [6.45, 7) is 0. The molecular formula is C32H32Cu2O10S2. The average molecular weight is 768 g/mol. The second-order valence-electron chi connectivity index (χ2n) is 8.10. The molecule has 46 heavy (non-hydrogen) atoms. The number of carboxylic acid groups (broad SMARTS) is 4. The second-order valence-corrected chi connectivity index (χ2v) is 11.1. The molecule has 4 aromatic rings. The monoisotopic (exact) mass is 766 g/mol. The molecule has 2 radical (unpaired) electrons. The van der Waals surface area contributed by atoms with Crippen molar-refractivity contribution in [1.82, 2.24) is 0 Å². The summed E-state index contributed by atoms with van der Waals surface area (Å²) in [4.78, 5) is 40.4. The van der Waals surface area contributed by atoms with Gasteiger partial charge in [0.1, 0.15) is 0 Å². The summed E-state index contributed by atoms with van der Waals surface area (Å²) in [6, 6.07) is 32.3. The van der Waals surface area contributed by atoms with Crippen LogP contribution in [0.1, 0.15) is 41.4 Å². The third-order valence-electron chi connectivity index (χ3n) is 4.04. The van der Waals surface area contributed by atoms with Crippen LogP contribution in [0, 0.1) is 0 Å². The first-order valence-corrected chi connectivity index (χ1v) is 16.2. The van der Waals surface area contributed by atoms with E-state index >= 15 is 0 Å². The van der Waals surface area contributed by atoms with Gasteiger partial charge in [-0.3, -0.25) is 8.42 Å². The van der Waals surface area contributed by atoms with Crippen LogP contribution in [0.3, 0.4) is 0 Å². The molecule has 0 fully saturated rings. The van der Waals surface area contributed by atoms with Crippen molar-refractivity contribution in [1.29, 1.82) is 0 Å². The Kier molecular flexibility index (Phi) is 33.1. The molecular weight excluding hydrogens is 736 g/mol. The normalized spacial score (nSPS) is 8.48. The van der Waals surface area contributed by atoms with Crippen molar-refractivity contribution < 1.29 is 82.2 Å². The van der Waals surface area contributed by atoms with E-state index in [0.29, 0.717) is 0 Å². The standard InChI is InChI=1S/4C7H6O2.2C2H6OS.2Cu/c4*8-7(9)6-4-2-1-3-5-6;2*1-4(2)3;;/h4*1-5H,(H,8,9);2*1-2H3;;/q;;;;;;2*+2/p-4. The van der Waals surface area contributed by atoms with Crippen LogP contribution >= 0.6 is 0 Å². The summed E-state index contributed by atoms with van der Waals surface area (Å²) >= 11 is 0. The van der Waals surface area contributed by atoms with E-state index in [4.69, 9.17) is 0 Å². The van der Waals surface area contributed by atoms with E-state index < -0.39 is 45.5 Å². The van der Waals surface area contributed by atoms with Crippen molar-refractivity contribution in [3.63, 3.8) is 0 Å². The van der Waals surface area contributed by atoms with Gasteiger partial charge >= 0.3 is 34.1 Å². The second kappa shape index (κ2) is 31.1. The van der Waals surface area contributed by atoms with Gasteiger partial charge < -0.3 is 39.6 Å². The molecule has 0 atom stereocenters. The average Bonchev–Trinajstić information content (AvgIpc) is 2.99. The van der Waals surface area contributed by atoms with E-state index in [1.165, 1.54) is 48.5 Å². The Morgan fingerprint density at radius 1 is 0.370 bits per heavy atom. The maximum absolute atomic E-state index is 10.1. The van der Waals surface area contributed by atoms with Crippen LogP contribution in [-0.2, 0) is 55.7 Å². The summed E-state index contributed by atoms with van der Waals surface area (Å²) < 4.78 is 19.1. The van der Waals surface area contributed by atoms with E-state index in [9.17, 15) is 48.0 Å². The minimum Gasteiger partial charge on any atom is -0.545 e. The zero-order chi connectivity index (χ0) is 33.9. The molecule has 0 heterocycles. The minimum atomic E-state index is -1.13. The number of rotatable bonds is 4. The fourth-order valence-electron chi connectivity index (χ4n) is 2.30. The molecule has 0 N–H and O–H groups in total. The van der Waals surface area contributed by atoms with Gasteiger partial charge in [0.05, 0.1) is 23.9 Å². The van der Waals surface area contributed by atoms with Gasteiger partial charge in [0, 0.05) is 46.6 Å². The van der Waals surface area contributed by atoms with Crippen molar-refractivity contribution >= 4 is 45.5 Å². The first kappa shape index (κ1) is 49.0. The summed E-state index contributed by atoms with van der Waals surface area (Å²) in [7, 11) is -1.22. The predicted molar refractivity (Wildman–Crippen MR) is 163 cm³/mol. The van der Waals surface area contributed by atoms with E-state index in [-0.39, 0.29) is 56.4 Å². The van der Waals surface area contributed by atoms with Gasteiger partial charge in [-0.2, -0.15) is 0 Å². The van der Waals surface area contributed by atoms with Gasteiger partial charge in [-0.15, -0.1) is 0 Å². The largest absolute Gasteiger partial charge is 2.00 e. The van der Waals surface area contributed by atoms with Crippen LogP contribution in [0.2, 0.25) is 0 Å². The van der Waals surface area contributed by atoms with Crippen LogP contribution < -0.4 is 20.4 Å². The van der Waals surface area contributed by atoms with Gasteiger partial charge in [0.25, 0.3) is 0 Å². The molecule has 254 valence electrons. The van der Waals surface area contributed by atoms with Gasteiger partial charge in [0.2, 0.25) is 0 Å². The van der Waals surface area contributed by atoms with Gasteiger partial charge in [0.15, 0.2) is 0 Å². The van der Waals surface area contributed by atoms with Crippen LogP contribution in [0.25, 0.3) is 0 Å². The SMILES string of the molecule is CS(C)=O.CS(C)=O.O=C([O-])c1ccccc1.O=C([O-])c1ccccc1.O=C([O-])c1ccccc1.O=C([O-])c1ccccc1.[Cu+2].[Cu+2]. The number of carbonyl (C=O) groups is 4. The maximum Gasteiger partial charge on any atom is 2.00 e. The molecule has 4 rings (SSSR count). The Bertz CT molecular complexity index is 1210. The molecule has 0 saturated carbocycles. The number of carboxylic acids is 4. The Labute approximate surface area is 294 Å². The minimum absolute atomic E-state index is 0. The van der Waals surface area contributed by atoms with Crippen molar-refractivity contribution in [2.45, 2.75) is 0 Å². The molecule has 0 unspecified atom stereocenters. The Balaban J connectivity index is -0.000000234. The van der Waals surface area contributed by atoms with Crippen molar-refractivity contribution in [2.75, 3.05) is 25.0 Å². The Morgan fingerprint density at radius 2 is 0.478 bits per heavy atom. The molecule has 0 spiro atoms. The van der Waals surface area contributed by atoms with E-state index in [2.05, 4.69) is 0 Å². The molecule has 0 aliphatic carbocycles. The fraction of sp³-hybridized carbons (Fsp3) is 0.125. The van der Waals surface area contributed by atoms with Crippen LogP contribution in [0.15, 0.2) is 121 Å². The zero-order valence-electron chi connectivity index (χ0n) is 25.0. The molecule has 0 aliphatic heterocycles.